The summed E-state index contributed by atoms with van der Waals surface area (Å²) in [5.41, 5.74) is 0. The van der Waals surface area contributed by atoms with E-state index in [9.17, 15) is 0 Å². The van der Waals surface area contributed by atoms with Gasteiger partial charge in [-0.25, -0.2) is 0 Å². The predicted octanol–water partition coefficient (Wildman–Crippen LogP) is 1.78. The molecule has 1 saturated carbocycles. The highest BCUT2D eigenvalue weighted by molar-refractivity contribution is 4.89. The van der Waals surface area contributed by atoms with Crippen molar-refractivity contribution in [1.82, 2.24) is 5.32 Å². The number of piperidine rings is 1. The Bertz CT molecular complexity index is 118. The Morgan fingerprint density at radius 2 is 2.00 bits per heavy atom. The van der Waals surface area contributed by atoms with Gasteiger partial charge in [0.25, 0.3) is 0 Å². The van der Waals surface area contributed by atoms with E-state index in [1.807, 2.05) is 0 Å². The topological polar surface area (TPSA) is 12.0 Å². The SMILES string of the molecule is CC1CCNC(C2CC2)C1. The van der Waals surface area contributed by atoms with Gasteiger partial charge in [-0.3, -0.25) is 0 Å². The van der Waals surface area contributed by atoms with Crippen molar-refractivity contribution in [2.75, 3.05) is 6.54 Å². The van der Waals surface area contributed by atoms with Gasteiger partial charge in [-0.1, -0.05) is 6.92 Å². The summed E-state index contributed by atoms with van der Waals surface area (Å²) in [6, 6.07) is 0.892. The molecule has 0 radical (unpaired) electrons. The molecular formula is C9H17N. The van der Waals surface area contributed by atoms with Gasteiger partial charge in [0, 0.05) is 6.04 Å². The van der Waals surface area contributed by atoms with Crippen LogP contribution in [0.15, 0.2) is 0 Å². The maximum absolute atomic E-state index is 3.61. The van der Waals surface area contributed by atoms with E-state index < -0.39 is 0 Å². The molecule has 1 saturated heterocycles. The Morgan fingerprint density at radius 1 is 1.20 bits per heavy atom. The molecule has 2 rings (SSSR count). The largest absolute Gasteiger partial charge is 0.314 e. The van der Waals surface area contributed by atoms with Crippen molar-refractivity contribution < 1.29 is 0 Å². The van der Waals surface area contributed by atoms with Crippen molar-refractivity contribution in [3.05, 3.63) is 0 Å². The molecule has 2 aliphatic rings. The third-order valence-corrected chi connectivity index (χ3v) is 2.89. The minimum Gasteiger partial charge on any atom is -0.314 e. The molecule has 1 heterocycles. The van der Waals surface area contributed by atoms with E-state index in [2.05, 4.69) is 12.2 Å². The first-order valence-electron chi connectivity index (χ1n) is 4.59. The molecule has 1 N–H and O–H groups in total. The Labute approximate surface area is 63.2 Å². The van der Waals surface area contributed by atoms with Crippen LogP contribution in [0.4, 0.5) is 0 Å². The molecule has 1 aliphatic carbocycles. The van der Waals surface area contributed by atoms with E-state index in [4.69, 9.17) is 0 Å². The molecule has 0 aromatic carbocycles. The molecule has 0 aromatic rings. The summed E-state index contributed by atoms with van der Waals surface area (Å²) in [5, 5.41) is 3.61. The maximum Gasteiger partial charge on any atom is 0.00978 e. The summed E-state index contributed by atoms with van der Waals surface area (Å²) < 4.78 is 0. The lowest BCUT2D eigenvalue weighted by atomic mass is 9.92. The van der Waals surface area contributed by atoms with Crippen LogP contribution in [-0.4, -0.2) is 12.6 Å². The Balaban J connectivity index is 1.84. The van der Waals surface area contributed by atoms with Crippen LogP contribution >= 0.6 is 0 Å². The molecule has 2 fully saturated rings. The molecule has 1 nitrogen and oxygen atoms in total. The lowest BCUT2D eigenvalue weighted by Gasteiger charge is -2.27. The Kier molecular flexibility index (Phi) is 1.69. The van der Waals surface area contributed by atoms with Gasteiger partial charge in [0.2, 0.25) is 0 Å². The zero-order valence-electron chi connectivity index (χ0n) is 6.77. The molecule has 2 atom stereocenters. The van der Waals surface area contributed by atoms with Gasteiger partial charge in [0.15, 0.2) is 0 Å². The van der Waals surface area contributed by atoms with E-state index in [-0.39, 0.29) is 0 Å². The highest BCUT2D eigenvalue weighted by atomic mass is 14.9. The summed E-state index contributed by atoms with van der Waals surface area (Å²) in [5.74, 6) is 2.04. The molecule has 10 heavy (non-hydrogen) atoms. The third-order valence-electron chi connectivity index (χ3n) is 2.89. The van der Waals surface area contributed by atoms with Crippen molar-refractivity contribution in [3.8, 4) is 0 Å². The van der Waals surface area contributed by atoms with Crippen molar-refractivity contribution in [2.45, 2.75) is 38.6 Å². The standard InChI is InChI=1S/C9H17N/c1-7-4-5-10-9(6-7)8-2-3-8/h7-10H,2-6H2,1H3. The van der Waals surface area contributed by atoms with Crippen molar-refractivity contribution in [1.29, 1.82) is 0 Å². The average molecular weight is 139 g/mol. The van der Waals surface area contributed by atoms with Gasteiger partial charge in [-0.15, -0.1) is 0 Å². The van der Waals surface area contributed by atoms with Crippen LogP contribution in [0, 0.1) is 11.8 Å². The number of hydrogen-bond donors (Lipinski definition) is 1. The maximum atomic E-state index is 3.61. The van der Waals surface area contributed by atoms with E-state index in [1.165, 1.54) is 32.2 Å². The first-order chi connectivity index (χ1) is 4.86. The van der Waals surface area contributed by atoms with Gasteiger partial charge < -0.3 is 5.32 Å². The van der Waals surface area contributed by atoms with Gasteiger partial charge >= 0.3 is 0 Å². The first-order valence-corrected chi connectivity index (χ1v) is 4.59. The molecule has 0 bridgehead atoms. The lowest BCUT2D eigenvalue weighted by molar-refractivity contribution is 0.297. The van der Waals surface area contributed by atoms with E-state index in [0.29, 0.717) is 0 Å². The molecule has 2 unspecified atom stereocenters. The van der Waals surface area contributed by atoms with Gasteiger partial charge in [-0.2, -0.15) is 0 Å². The average Bonchev–Trinajstić information content (AvgIpc) is 2.68. The van der Waals surface area contributed by atoms with Crippen molar-refractivity contribution in [3.63, 3.8) is 0 Å². The summed E-state index contributed by atoms with van der Waals surface area (Å²) in [4.78, 5) is 0. The summed E-state index contributed by atoms with van der Waals surface area (Å²) in [7, 11) is 0. The summed E-state index contributed by atoms with van der Waals surface area (Å²) in [6.45, 7) is 3.65. The highest BCUT2D eigenvalue weighted by Crippen LogP contribution is 2.36. The quantitative estimate of drug-likeness (QED) is 0.584. The lowest BCUT2D eigenvalue weighted by Crippen LogP contribution is -2.38. The van der Waals surface area contributed by atoms with Crippen LogP contribution in [0.2, 0.25) is 0 Å². The molecule has 1 heteroatoms. The monoisotopic (exact) mass is 139 g/mol. The van der Waals surface area contributed by atoms with Crippen LogP contribution < -0.4 is 5.32 Å². The fourth-order valence-corrected chi connectivity index (χ4v) is 2.01. The zero-order valence-corrected chi connectivity index (χ0v) is 6.77. The van der Waals surface area contributed by atoms with Crippen LogP contribution in [0.1, 0.15) is 32.6 Å². The van der Waals surface area contributed by atoms with Crippen molar-refractivity contribution in [2.24, 2.45) is 11.8 Å². The van der Waals surface area contributed by atoms with E-state index in [0.717, 1.165) is 17.9 Å². The molecule has 0 spiro atoms. The number of rotatable bonds is 1. The summed E-state index contributed by atoms with van der Waals surface area (Å²) >= 11 is 0. The second kappa shape index (κ2) is 2.54. The van der Waals surface area contributed by atoms with Gasteiger partial charge in [0.05, 0.1) is 0 Å². The minimum atomic E-state index is 0.892. The van der Waals surface area contributed by atoms with Crippen LogP contribution in [0.3, 0.4) is 0 Å². The Hall–Kier alpha value is -0.0400. The minimum absolute atomic E-state index is 0.892. The van der Waals surface area contributed by atoms with Crippen LogP contribution in [0.25, 0.3) is 0 Å². The normalized spacial score (nSPS) is 41.7. The number of nitrogens with one attached hydrogen (secondary N) is 1. The smallest absolute Gasteiger partial charge is 0.00978 e. The third kappa shape index (κ3) is 1.34. The molecule has 0 aromatic heterocycles. The molecular weight excluding hydrogens is 122 g/mol. The summed E-state index contributed by atoms with van der Waals surface area (Å²) in [6.07, 6.45) is 5.81. The van der Waals surface area contributed by atoms with Crippen LogP contribution in [-0.2, 0) is 0 Å². The fourth-order valence-electron chi connectivity index (χ4n) is 2.01. The van der Waals surface area contributed by atoms with Gasteiger partial charge in [0.1, 0.15) is 0 Å². The first kappa shape index (κ1) is 6.66. The van der Waals surface area contributed by atoms with E-state index >= 15 is 0 Å². The predicted molar refractivity (Wildman–Crippen MR) is 42.9 cm³/mol. The second-order valence-electron chi connectivity index (χ2n) is 4.03. The number of hydrogen-bond acceptors (Lipinski definition) is 1. The highest BCUT2D eigenvalue weighted by Gasteiger charge is 2.33. The Morgan fingerprint density at radius 3 is 2.60 bits per heavy atom. The second-order valence-corrected chi connectivity index (χ2v) is 4.03. The van der Waals surface area contributed by atoms with Crippen molar-refractivity contribution >= 4 is 0 Å². The van der Waals surface area contributed by atoms with Crippen LogP contribution in [0.5, 0.6) is 0 Å². The van der Waals surface area contributed by atoms with E-state index in [1.54, 1.807) is 0 Å². The fraction of sp³-hybridized carbons (Fsp3) is 1.00. The molecule has 1 aliphatic heterocycles. The molecule has 58 valence electrons. The zero-order chi connectivity index (χ0) is 6.97. The van der Waals surface area contributed by atoms with Gasteiger partial charge in [-0.05, 0) is 44.1 Å². The molecule has 0 amide bonds.